The number of nitrogens with zero attached hydrogens (tertiary/aromatic N) is 1. The van der Waals surface area contributed by atoms with Gasteiger partial charge in [0.1, 0.15) is 22.2 Å². The molecule has 0 atom stereocenters. The van der Waals surface area contributed by atoms with Crippen LogP contribution in [0.4, 0.5) is 10.1 Å². The van der Waals surface area contributed by atoms with Crippen LogP contribution in [0.25, 0.3) is 0 Å². The monoisotopic (exact) mass is 339 g/mol. The number of hydrogen-bond acceptors (Lipinski definition) is 4. The first kappa shape index (κ1) is 17.7. The molecule has 5 nitrogen and oxygen atoms in total. The van der Waals surface area contributed by atoms with Crippen LogP contribution in [0.2, 0.25) is 0 Å². The lowest BCUT2D eigenvalue weighted by Crippen LogP contribution is -2.58. The molecule has 0 bridgehead atoms. The van der Waals surface area contributed by atoms with Crippen molar-refractivity contribution in [1.29, 1.82) is 5.26 Å². The Morgan fingerprint density at radius 3 is 2.48 bits per heavy atom. The van der Waals surface area contributed by atoms with Gasteiger partial charge in [0, 0.05) is 12.1 Å². The van der Waals surface area contributed by atoms with Crippen molar-refractivity contribution in [3.8, 4) is 6.07 Å². The van der Waals surface area contributed by atoms with E-state index in [1.807, 2.05) is 6.07 Å². The molecule has 0 spiro atoms. The number of nitriles is 1. The van der Waals surface area contributed by atoms with Crippen molar-refractivity contribution in [3.05, 3.63) is 29.6 Å². The molecule has 1 fully saturated rings. The van der Waals surface area contributed by atoms with Crippen LogP contribution < -0.4 is 10.0 Å². The lowest BCUT2D eigenvalue weighted by Gasteiger charge is -2.42. The zero-order valence-electron chi connectivity index (χ0n) is 13.6. The molecule has 23 heavy (non-hydrogen) atoms. The predicted octanol–water partition coefficient (Wildman–Crippen LogP) is 2.75. The van der Waals surface area contributed by atoms with Gasteiger partial charge in [-0.25, -0.2) is 17.5 Å². The summed E-state index contributed by atoms with van der Waals surface area (Å²) in [5, 5.41) is 12.0. The molecule has 1 aliphatic rings. The van der Waals surface area contributed by atoms with Gasteiger partial charge in [0.05, 0.1) is 5.69 Å². The summed E-state index contributed by atoms with van der Waals surface area (Å²) in [5.41, 5.74) is -0.328. The van der Waals surface area contributed by atoms with Crippen molar-refractivity contribution in [2.45, 2.75) is 50.3 Å². The van der Waals surface area contributed by atoms with Crippen LogP contribution in [0.5, 0.6) is 0 Å². The second-order valence-corrected chi connectivity index (χ2v) is 9.10. The molecule has 2 N–H and O–H groups in total. The first-order valence-corrected chi connectivity index (χ1v) is 9.05. The SMILES string of the molecule is CC(C)(C)NS(=O)(=O)C1(CNc2cccc(F)c2C#N)CCC1. The van der Waals surface area contributed by atoms with E-state index >= 15 is 0 Å². The second-order valence-electron chi connectivity index (χ2n) is 7.02. The summed E-state index contributed by atoms with van der Waals surface area (Å²) in [6.07, 6.45) is 1.92. The number of benzene rings is 1. The normalized spacial score (nSPS) is 17.2. The number of anilines is 1. The largest absolute Gasteiger partial charge is 0.382 e. The highest BCUT2D eigenvalue weighted by atomic mass is 32.2. The molecule has 1 aromatic carbocycles. The van der Waals surface area contributed by atoms with Gasteiger partial charge in [0.2, 0.25) is 10.0 Å². The first-order valence-electron chi connectivity index (χ1n) is 7.56. The predicted molar refractivity (Wildman–Crippen MR) is 88.0 cm³/mol. The molecule has 0 heterocycles. The Morgan fingerprint density at radius 1 is 1.35 bits per heavy atom. The molecule has 0 aliphatic heterocycles. The van der Waals surface area contributed by atoms with Crippen LogP contribution in [-0.4, -0.2) is 25.2 Å². The second kappa shape index (κ2) is 6.10. The van der Waals surface area contributed by atoms with Crippen molar-refractivity contribution < 1.29 is 12.8 Å². The van der Waals surface area contributed by atoms with Crippen LogP contribution in [-0.2, 0) is 10.0 Å². The zero-order valence-corrected chi connectivity index (χ0v) is 14.4. The molecule has 1 aromatic rings. The molecule has 1 saturated carbocycles. The molecule has 0 unspecified atom stereocenters. The fourth-order valence-corrected chi connectivity index (χ4v) is 4.78. The highest BCUT2D eigenvalue weighted by Gasteiger charge is 2.49. The smallest absolute Gasteiger partial charge is 0.219 e. The summed E-state index contributed by atoms with van der Waals surface area (Å²) in [6.45, 7) is 5.54. The summed E-state index contributed by atoms with van der Waals surface area (Å²) in [4.78, 5) is 0. The number of halogens is 1. The average Bonchev–Trinajstić information content (AvgIpc) is 2.34. The maximum atomic E-state index is 13.6. The Balaban J connectivity index is 2.21. The molecule has 2 rings (SSSR count). The summed E-state index contributed by atoms with van der Waals surface area (Å²) in [6, 6.07) is 6.09. The lowest BCUT2D eigenvalue weighted by molar-refractivity contribution is 0.339. The van der Waals surface area contributed by atoms with Gasteiger partial charge < -0.3 is 5.32 Å². The lowest BCUT2D eigenvalue weighted by atomic mass is 9.84. The summed E-state index contributed by atoms with van der Waals surface area (Å²) in [5.74, 6) is -0.615. The van der Waals surface area contributed by atoms with E-state index in [1.54, 1.807) is 26.8 Å². The van der Waals surface area contributed by atoms with Crippen molar-refractivity contribution >= 4 is 15.7 Å². The minimum atomic E-state index is -3.53. The van der Waals surface area contributed by atoms with E-state index in [0.717, 1.165) is 6.42 Å². The fourth-order valence-electron chi connectivity index (χ4n) is 2.66. The van der Waals surface area contributed by atoms with Gasteiger partial charge in [0.25, 0.3) is 0 Å². The molecular weight excluding hydrogens is 317 g/mol. The minimum Gasteiger partial charge on any atom is -0.382 e. The number of nitrogens with one attached hydrogen (secondary N) is 2. The number of hydrogen-bond donors (Lipinski definition) is 2. The van der Waals surface area contributed by atoms with E-state index in [2.05, 4.69) is 10.0 Å². The van der Waals surface area contributed by atoms with Gasteiger partial charge in [-0.1, -0.05) is 12.5 Å². The Bertz CT molecular complexity index is 729. The maximum Gasteiger partial charge on any atom is 0.219 e. The van der Waals surface area contributed by atoms with Gasteiger partial charge in [-0.2, -0.15) is 5.26 Å². The topological polar surface area (TPSA) is 82.0 Å². The molecule has 7 heteroatoms. The van der Waals surface area contributed by atoms with Gasteiger partial charge in [-0.15, -0.1) is 0 Å². The van der Waals surface area contributed by atoms with E-state index in [0.29, 0.717) is 18.5 Å². The maximum absolute atomic E-state index is 13.6. The third-order valence-electron chi connectivity index (χ3n) is 4.00. The Labute approximate surface area is 136 Å². The molecule has 0 aromatic heterocycles. The molecule has 126 valence electrons. The van der Waals surface area contributed by atoms with Crippen molar-refractivity contribution in [3.63, 3.8) is 0 Å². The summed E-state index contributed by atoms with van der Waals surface area (Å²) < 4.78 is 40.8. The van der Waals surface area contributed by atoms with Crippen LogP contribution >= 0.6 is 0 Å². The van der Waals surface area contributed by atoms with Crippen molar-refractivity contribution in [2.24, 2.45) is 0 Å². The molecule has 0 radical (unpaired) electrons. The van der Waals surface area contributed by atoms with E-state index in [9.17, 15) is 12.8 Å². The third-order valence-corrected chi connectivity index (χ3v) is 6.58. The summed E-state index contributed by atoms with van der Waals surface area (Å²) in [7, 11) is -3.53. The molecule has 1 aliphatic carbocycles. The van der Waals surface area contributed by atoms with Gasteiger partial charge in [-0.05, 0) is 45.7 Å². The number of rotatable bonds is 5. The van der Waals surface area contributed by atoms with Crippen molar-refractivity contribution in [2.75, 3.05) is 11.9 Å². The zero-order chi connectivity index (χ0) is 17.3. The summed E-state index contributed by atoms with van der Waals surface area (Å²) >= 11 is 0. The highest BCUT2D eigenvalue weighted by Crippen LogP contribution is 2.40. The van der Waals surface area contributed by atoms with E-state index in [4.69, 9.17) is 5.26 Å². The van der Waals surface area contributed by atoms with E-state index in [-0.39, 0.29) is 12.1 Å². The minimum absolute atomic E-state index is 0.0943. The van der Waals surface area contributed by atoms with Crippen LogP contribution in [0, 0.1) is 17.1 Å². The van der Waals surface area contributed by atoms with Crippen LogP contribution in [0.1, 0.15) is 45.6 Å². The Kier molecular flexibility index (Phi) is 4.69. The molecule has 0 amide bonds. The number of sulfonamides is 1. The van der Waals surface area contributed by atoms with Crippen molar-refractivity contribution in [1.82, 2.24) is 4.72 Å². The molecular formula is C16H22FN3O2S. The van der Waals surface area contributed by atoms with Crippen LogP contribution in [0.3, 0.4) is 0 Å². The standard InChI is InChI=1S/C16H22FN3O2S/c1-15(2,3)20-23(21,22)16(8-5-9-16)11-19-14-7-4-6-13(17)12(14)10-18/h4,6-7,19-20H,5,8-9,11H2,1-3H3. The first-order chi connectivity index (χ1) is 10.6. The van der Waals surface area contributed by atoms with Gasteiger partial charge in [-0.3, -0.25) is 0 Å². The molecule has 0 saturated heterocycles. The quantitative estimate of drug-likeness (QED) is 0.864. The van der Waals surface area contributed by atoms with E-state index < -0.39 is 26.1 Å². The van der Waals surface area contributed by atoms with Gasteiger partial charge in [0.15, 0.2) is 0 Å². The fraction of sp³-hybridized carbons (Fsp3) is 0.562. The highest BCUT2D eigenvalue weighted by molar-refractivity contribution is 7.91. The van der Waals surface area contributed by atoms with E-state index in [1.165, 1.54) is 12.1 Å². The average molecular weight is 339 g/mol. The third kappa shape index (κ3) is 3.65. The van der Waals surface area contributed by atoms with Gasteiger partial charge >= 0.3 is 0 Å². The van der Waals surface area contributed by atoms with Crippen LogP contribution in [0.15, 0.2) is 18.2 Å². The Morgan fingerprint density at radius 2 is 2.00 bits per heavy atom. The Hall–Kier alpha value is -1.65.